The molecule has 134 valence electrons. The lowest BCUT2D eigenvalue weighted by molar-refractivity contribution is 0.0190. The van der Waals surface area contributed by atoms with E-state index in [9.17, 15) is 9.90 Å². The fraction of sp³-hybridized carbons (Fsp3) is 0.588. The van der Waals surface area contributed by atoms with Crippen LogP contribution in [0, 0.1) is 0 Å². The average molecular weight is 337 g/mol. The maximum Gasteiger partial charge on any atom is 0.407 e. The highest BCUT2D eigenvalue weighted by Gasteiger charge is 2.37. The van der Waals surface area contributed by atoms with Crippen LogP contribution in [0.5, 0.6) is 5.75 Å². The molecular formula is C17H27N3O4. The normalized spacial score (nSPS) is 24.4. The van der Waals surface area contributed by atoms with Crippen LogP contribution in [0.1, 0.15) is 18.9 Å². The summed E-state index contributed by atoms with van der Waals surface area (Å²) in [6.07, 6.45) is -0.493. The number of β-amino-alcohol motifs (C(OH)–C–C–N with tert-alkyl or cyclic N) is 1. The van der Waals surface area contributed by atoms with Crippen molar-refractivity contribution in [3.63, 3.8) is 0 Å². The topological polar surface area (TPSA) is 106 Å². The third-order valence-electron chi connectivity index (χ3n) is 4.09. The number of ether oxygens (including phenoxy) is 2. The Kier molecular flexibility index (Phi) is 6.84. The molecule has 1 aliphatic rings. The monoisotopic (exact) mass is 337 g/mol. The first-order chi connectivity index (χ1) is 11.5. The van der Waals surface area contributed by atoms with Crippen LogP contribution in [0.3, 0.4) is 0 Å². The van der Waals surface area contributed by atoms with Gasteiger partial charge in [-0.05, 0) is 37.5 Å². The van der Waals surface area contributed by atoms with Gasteiger partial charge in [0.2, 0.25) is 0 Å². The SMILES string of the molecule is COc1ccc(C[C@H]2NCC(O)[C@H]2OC(=O)NCC[C@@H](C)N)cc1. The average Bonchev–Trinajstić information content (AvgIpc) is 2.88. The minimum absolute atomic E-state index is 0.0202. The summed E-state index contributed by atoms with van der Waals surface area (Å²) in [4.78, 5) is 11.9. The second kappa shape index (κ2) is 8.86. The largest absolute Gasteiger partial charge is 0.497 e. The lowest BCUT2D eigenvalue weighted by Gasteiger charge is -2.22. The first-order valence-corrected chi connectivity index (χ1v) is 8.24. The van der Waals surface area contributed by atoms with Crippen molar-refractivity contribution in [2.45, 2.75) is 44.1 Å². The smallest absolute Gasteiger partial charge is 0.407 e. The molecule has 2 rings (SSSR count). The Bertz CT molecular complexity index is 521. The summed E-state index contributed by atoms with van der Waals surface area (Å²) < 4.78 is 10.5. The number of rotatable bonds is 7. The molecule has 0 bridgehead atoms. The molecule has 0 radical (unpaired) electrons. The predicted octanol–water partition coefficient (Wildman–Crippen LogP) is 0.403. The van der Waals surface area contributed by atoms with E-state index in [0.29, 0.717) is 25.9 Å². The van der Waals surface area contributed by atoms with Crippen molar-refractivity contribution >= 4 is 6.09 Å². The highest BCUT2D eigenvalue weighted by Crippen LogP contribution is 2.19. The fourth-order valence-electron chi connectivity index (χ4n) is 2.70. The van der Waals surface area contributed by atoms with Gasteiger partial charge in [-0.1, -0.05) is 12.1 Å². The molecule has 1 saturated heterocycles. The number of aliphatic hydroxyl groups excluding tert-OH is 1. The second-order valence-electron chi connectivity index (χ2n) is 6.20. The third-order valence-corrected chi connectivity index (χ3v) is 4.09. The van der Waals surface area contributed by atoms with Gasteiger partial charge in [0.1, 0.15) is 18.0 Å². The van der Waals surface area contributed by atoms with Gasteiger partial charge in [0.15, 0.2) is 0 Å². The van der Waals surface area contributed by atoms with Crippen LogP contribution in [0.4, 0.5) is 4.79 Å². The number of nitrogens with one attached hydrogen (secondary N) is 2. The van der Waals surface area contributed by atoms with E-state index in [0.717, 1.165) is 11.3 Å². The fourth-order valence-corrected chi connectivity index (χ4v) is 2.70. The third kappa shape index (κ3) is 5.36. The van der Waals surface area contributed by atoms with E-state index < -0.39 is 18.3 Å². The summed E-state index contributed by atoms with van der Waals surface area (Å²) in [6.45, 7) is 2.73. The second-order valence-corrected chi connectivity index (χ2v) is 6.20. The van der Waals surface area contributed by atoms with Gasteiger partial charge < -0.3 is 30.9 Å². The number of nitrogens with two attached hydrogens (primary N) is 1. The summed E-state index contributed by atoms with van der Waals surface area (Å²) in [6, 6.07) is 7.59. The predicted molar refractivity (Wildman–Crippen MR) is 91.0 cm³/mol. The van der Waals surface area contributed by atoms with Crippen molar-refractivity contribution in [3.05, 3.63) is 29.8 Å². The minimum Gasteiger partial charge on any atom is -0.497 e. The molecule has 0 saturated carbocycles. The molecule has 1 aliphatic heterocycles. The first kappa shape index (κ1) is 18.5. The Morgan fingerprint density at radius 1 is 1.46 bits per heavy atom. The minimum atomic E-state index is -0.715. The van der Waals surface area contributed by atoms with E-state index in [-0.39, 0.29) is 12.1 Å². The van der Waals surface area contributed by atoms with E-state index >= 15 is 0 Å². The van der Waals surface area contributed by atoms with E-state index in [1.54, 1.807) is 7.11 Å². The zero-order chi connectivity index (χ0) is 17.5. The van der Waals surface area contributed by atoms with Gasteiger partial charge in [-0.3, -0.25) is 0 Å². The van der Waals surface area contributed by atoms with Crippen LogP contribution in [-0.4, -0.2) is 55.7 Å². The molecule has 1 aromatic rings. The van der Waals surface area contributed by atoms with Crippen molar-refractivity contribution in [1.29, 1.82) is 0 Å². The number of hydrogen-bond acceptors (Lipinski definition) is 6. The van der Waals surface area contributed by atoms with E-state index in [1.807, 2.05) is 31.2 Å². The Labute approximate surface area is 142 Å². The van der Waals surface area contributed by atoms with E-state index in [4.69, 9.17) is 15.2 Å². The van der Waals surface area contributed by atoms with Crippen molar-refractivity contribution in [2.24, 2.45) is 5.73 Å². The number of methoxy groups -OCH3 is 1. The van der Waals surface area contributed by atoms with Crippen molar-refractivity contribution in [1.82, 2.24) is 10.6 Å². The quantitative estimate of drug-likeness (QED) is 0.574. The van der Waals surface area contributed by atoms with Crippen LogP contribution in [0.2, 0.25) is 0 Å². The summed E-state index contributed by atoms with van der Waals surface area (Å²) in [5, 5.41) is 15.9. The summed E-state index contributed by atoms with van der Waals surface area (Å²) in [7, 11) is 1.62. The molecule has 1 aromatic carbocycles. The van der Waals surface area contributed by atoms with Gasteiger partial charge in [0.05, 0.1) is 13.2 Å². The molecule has 5 N–H and O–H groups in total. The maximum absolute atomic E-state index is 11.9. The molecule has 0 spiro atoms. The lowest BCUT2D eigenvalue weighted by Crippen LogP contribution is -2.42. The Morgan fingerprint density at radius 3 is 2.79 bits per heavy atom. The number of alkyl carbamates (subject to hydrolysis) is 1. The highest BCUT2D eigenvalue weighted by atomic mass is 16.6. The van der Waals surface area contributed by atoms with Gasteiger partial charge in [-0.25, -0.2) is 4.79 Å². The summed E-state index contributed by atoms with van der Waals surface area (Å²) >= 11 is 0. The molecule has 0 aliphatic carbocycles. The van der Waals surface area contributed by atoms with Crippen molar-refractivity contribution < 1.29 is 19.4 Å². The Morgan fingerprint density at radius 2 is 2.17 bits per heavy atom. The zero-order valence-corrected chi connectivity index (χ0v) is 14.2. The van der Waals surface area contributed by atoms with Crippen LogP contribution in [-0.2, 0) is 11.2 Å². The molecule has 1 unspecified atom stereocenters. The van der Waals surface area contributed by atoms with Crippen LogP contribution >= 0.6 is 0 Å². The number of aliphatic hydroxyl groups is 1. The Hall–Kier alpha value is -1.83. The number of amides is 1. The maximum atomic E-state index is 11.9. The molecule has 1 amide bonds. The van der Waals surface area contributed by atoms with E-state index in [2.05, 4.69) is 10.6 Å². The lowest BCUT2D eigenvalue weighted by atomic mass is 10.0. The van der Waals surface area contributed by atoms with Crippen LogP contribution in [0.15, 0.2) is 24.3 Å². The molecule has 1 fully saturated rings. The van der Waals surface area contributed by atoms with Gasteiger partial charge in [0, 0.05) is 19.1 Å². The number of carbonyl (C=O) groups is 1. The number of benzene rings is 1. The molecule has 24 heavy (non-hydrogen) atoms. The van der Waals surface area contributed by atoms with Crippen LogP contribution in [0.25, 0.3) is 0 Å². The van der Waals surface area contributed by atoms with Crippen molar-refractivity contribution in [2.75, 3.05) is 20.2 Å². The van der Waals surface area contributed by atoms with Gasteiger partial charge in [0.25, 0.3) is 0 Å². The standard InChI is InChI=1S/C17H27N3O4/c1-11(18)7-8-19-17(22)24-16-14(20-10-15(16)21)9-12-3-5-13(23-2)6-4-12/h3-6,11,14-16,20-21H,7-10,18H2,1-2H3,(H,19,22)/t11-,14-,15?,16+/m1/s1. The van der Waals surface area contributed by atoms with Crippen molar-refractivity contribution in [3.8, 4) is 5.75 Å². The Balaban J connectivity index is 1.88. The highest BCUT2D eigenvalue weighted by molar-refractivity contribution is 5.67. The zero-order valence-electron chi connectivity index (χ0n) is 14.2. The molecule has 1 heterocycles. The molecule has 7 heteroatoms. The molecule has 7 nitrogen and oxygen atoms in total. The van der Waals surface area contributed by atoms with Crippen LogP contribution < -0.4 is 21.1 Å². The summed E-state index contributed by atoms with van der Waals surface area (Å²) in [5.74, 6) is 0.791. The van der Waals surface area contributed by atoms with E-state index in [1.165, 1.54) is 0 Å². The first-order valence-electron chi connectivity index (χ1n) is 8.24. The molecule has 0 aromatic heterocycles. The van der Waals surface area contributed by atoms with Gasteiger partial charge >= 0.3 is 6.09 Å². The summed E-state index contributed by atoms with van der Waals surface area (Å²) in [5.41, 5.74) is 6.72. The van der Waals surface area contributed by atoms with Gasteiger partial charge in [-0.15, -0.1) is 0 Å². The number of carbonyl (C=O) groups excluding carboxylic acids is 1. The van der Waals surface area contributed by atoms with Gasteiger partial charge in [-0.2, -0.15) is 0 Å². The molecule has 4 atom stereocenters. The molecular weight excluding hydrogens is 310 g/mol. The number of hydrogen-bond donors (Lipinski definition) is 4.